The third kappa shape index (κ3) is 3.82. The van der Waals surface area contributed by atoms with Gasteiger partial charge < -0.3 is 10.6 Å². The van der Waals surface area contributed by atoms with Crippen LogP contribution in [0.1, 0.15) is 32.3 Å². The maximum atomic E-state index is 12.1. The van der Waals surface area contributed by atoms with Crippen molar-refractivity contribution in [3.8, 4) is 0 Å². The SMILES string of the molecule is CCCC(C)(N)C(=O)N(C)Cc1ccncc1. The van der Waals surface area contributed by atoms with Crippen molar-refractivity contribution in [1.29, 1.82) is 0 Å². The van der Waals surface area contributed by atoms with E-state index in [0.717, 1.165) is 12.0 Å². The quantitative estimate of drug-likeness (QED) is 0.842. The number of amides is 1. The molecule has 0 bridgehead atoms. The number of nitrogens with zero attached hydrogens (tertiary/aromatic N) is 2. The lowest BCUT2D eigenvalue weighted by molar-refractivity contribution is -0.135. The molecule has 1 aromatic rings. The first-order chi connectivity index (χ1) is 7.97. The van der Waals surface area contributed by atoms with Gasteiger partial charge in [-0.1, -0.05) is 13.3 Å². The van der Waals surface area contributed by atoms with Gasteiger partial charge in [0.1, 0.15) is 0 Å². The van der Waals surface area contributed by atoms with E-state index in [2.05, 4.69) is 4.98 Å². The van der Waals surface area contributed by atoms with E-state index < -0.39 is 5.54 Å². The second kappa shape index (κ2) is 5.77. The topological polar surface area (TPSA) is 59.2 Å². The molecule has 1 atom stereocenters. The highest BCUT2D eigenvalue weighted by molar-refractivity contribution is 5.85. The van der Waals surface area contributed by atoms with Crippen molar-refractivity contribution >= 4 is 5.91 Å². The van der Waals surface area contributed by atoms with E-state index in [4.69, 9.17) is 5.73 Å². The number of carbonyl (C=O) groups is 1. The zero-order chi connectivity index (χ0) is 12.9. The fourth-order valence-electron chi connectivity index (χ4n) is 1.90. The van der Waals surface area contributed by atoms with Gasteiger partial charge in [0.05, 0.1) is 5.54 Å². The normalized spacial score (nSPS) is 14.1. The van der Waals surface area contributed by atoms with Gasteiger partial charge in [-0.15, -0.1) is 0 Å². The standard InChI is InChI=1S/C13H21N3O/c1-4-7-13(2,14)12(17)16(3)10-11-5-8-15-9-6-11/h5-6,8-9H,4,7,10,14H2,1-3H3. The Hall–Kier alpha value is -1.42. The Morgan fingerprint density at radius 2 is 2.06 bits per heavy atom. The second-order valence-electron chi connectivity index (χ2n) is 4.68. The minimum Gasteiger partial charge on any atom is -0.340 e. The second-order valence-corrected chi connectivity index (χ2v) is 4.68. The summed E-state index contributed by atoms with van der Waals surface area (Å²) in [5.74, 6) is -0.0174. The van der Waals surface area contributed by atoms with Crippen LogP contribution in [0.25, 0.3) is 0 Å². The summed E-state index contributed by atoms with van der Waals surface area (Å²) in [6, 6.07) is 3.80. The minimum atomic E-state index is -0.767. The van der Waals surface area contributed by atoms with Crippen molar-refractivity contribution in [2.24, 2.45) is 5.73 Å². The number of hydrogen-bond donors (Lipinski definition) is 1. The molecule has 4 nitrogen and oxygen atoms in total. The van der Waals surface area contributed by atoms with E-state index in [9.17, 15) is 4.79 Å². The molecule has 0 aliphatic rings. The molecule has 17 heavy (non-hydrogen) atoms. The van der Waals surface area contributed by atoms with Crippen LogP contribution in [0, 0.1) is 0 Å². The molecule has 0 fully saturated rings. The van der Waals surface area contributed by atoms with E-state index in [-0.39, 0.29) is 5.91 Å². The van der Waals surface area contributed by atoms with Crippen LogP contribution in [0.3, 0.4) is 0 Å². The van der Waals surface area contributed by atoms with Crippen molar-refractivity contribution in [2.45, 2.75) is 38.8 Å². The molecule has 1 amide bonds. The van der Waals surface area contributed by atoms with Crippen molar-refractivity contribution in [3.63, 3.8) is 0 Å². The van der Waals surface area contributed by atoms with Crippen LogP contribution in [0.2, 0.25) is 0 Å². The summed E-state index contributed by atoms with van der Waals surface area (Å²) in [4.78, 5) is 17.8. The average Bonchev–Trinajstić information content (AvgIpc) is 2.29. The van der Waals surface area contributed by atoms with E-state index in [1.54, 1.807) is 31.3 Å². The van der Waals surface area contributed by atoms with Gasteiger partial charge in [-0.3, -0.25) is 9.78 Å². The number of nitrogens with two attached hydrogens (primary N) is 1. The molecule has 1 rings (SSSR count). The van der Waals surface area contributed by atoms with Gasteiger partial charge in [-0.05, 0) is 31.0 Å². The Kier molecular flexibility index (Phi) is 4.63. The number of hydrogen-bond acceptors (Lipinski definition) is 3. The van der Waals surface area contributed by atoms with Crippen molar-refractivity contribution in [3.05, 3.63) is 30.1 Å². The predicted molar refractivity (Wildman–Crippen MR) is 68.2 cm³/mol. The molecule has 0 spiro atoms. The molecular weight excluding hydrogens is 214 g/mol. The van der Waals surface area contributed by atoms with Crippen molar-refractivity contribution < 1.29 is 4.79 Å². The lowest BCUT2D eigenvalue weighted by Crippen LogP contribution is -2.51. The van der Waals surface area contributed by atoms with Gasteiger partial charge >= 0.3 is 0 Å². The summed E-state index contributed by atoms with van der Waals surface area (Å²) < 4.78 is 0. The Bertz CT molecular complexity index is 362. The van der Waals surface area contributed by atoms with Crippen LogP contribution < -0.4 is 5.73 Å². The number of carbonyl (C=O) groups excluding carboxylic acids is 1. The Balaban J connectivity index is 2.65. The zero-order valence-corrected chi connectivity index (χ0v) is 10.8. The van der Waals surface area contributed by atoms with Crippen LogP contribution in [0.5, 0.6) is 0 Å². The maximum Gasteiger partial charge on any atom is 0.242 e. The largest absolute Gasteiger partial charge is 0.340 e. The molecule has 2 N–H and O–H groups in total. The zero-order valence-electron chi connectivity index (χ0n) is 10.8. The fourth-order valence-corrected chi connectivity index (χ4v) is 1.90. The molecule has 4 heteroatoms. The summed E-state index contributed by atoms with van der Waals surface area (Å²) in [6.45, 7) is 4.39. The molecule has 0 radical (unpaired) electrons. The molecule has 1 heterocycles. The van der Waals surface area contributed by atoms with Gasteiger partial charge in [-0.25, -0.2) is 0 Å². The third-order valence-electron chi connectivity index (χ3n) is 2.77. The number of likely N-dealkylation sites (N-methyl/N-ethyl adjacent to an activating group) is 1. The summed E-state index contributed by atoms with van der Waals surface area (Å²) in [5.41, 5.74) is 6.31. The molecule has 0 aliphatic carbocycles. The van der Waals surface area contributed by atoms with Gasteiger partial charge in [0.2, 0.25) is 5.91 Å². The predicted octanol–water partition coefficient (Wildman–Crippen LogP) is 1.56. The fraction of sp³-hybridized carbons (Fsp3) is 0.538. The monoisotopic (exact) mass is 235 g/mol. The molecule has 0 aliphatic heterocycles. The molecule has 0 saturated carbocycles. The number of pyridine rings is 1. The first-order valence-corrected chi connectivity index (χ1v) is 5.90. The number of rotatable bonds is 5. The minimum absolute atomic E-state index is 0.0174. The summed E-state index contributed by atoms with van der Waals surface area (Å²) in [5, 5.41) is 0. The summed E-state index contributed by atoms with van der Waals surface area (Å²) in [7, 11) is 1.78. The van der Waals surface area contributed by atoms with Gasteiger partial charge in [-0.2, -0.15) is 0 Å². The van der Waals surface area contributed by atoms with E-state index in [1.807, 2.05) is 19.1 Å². The van der Waals surface area contributed by atoms with Crippen LogP contribution >= 0.6 is 0 Å². The average molecular weight is 235 g/mol. The Morgan fingerprint density at radius 3 is 2.59 bits per heavy atom. The van der Waals surface area contributed by atoms with E-state index in [0.29, 0.717) is 13.0 Å². The lowest BCUT2D eigenvalue weighted by Gasteiger charge is -2.29. The molecule has 94 valence electrons. The first kappa shape index (κ1) is 13.6. The Morgan fingerprint density at radius 1 is 1.47 bits per heavy atom. The first-order valence-electron chi connectivity index (χ1n) is 5.90. The van der Waals surface area contributed by atoms with Crippen LogP contribution in [0.15, 0.2) is 24.5 Å². The van der Waals surface area contributed by atoms with Crippen molar-refractivity contribution in [2.75, 3.05) is 7.05 Å². The summed E-state index contributed by atoms with van der Waals surface area (Å²) in [6.07, 6.45) is 5.05. The molecular formula is C13H21N3O. The van der Waals surface area contributed by atoms with E-state index >= 15 is 0 Å². The third-order valence-corrected chi connectivity index (χ3v) is 2.77. The van der Waals surface area contributed by atoms with Crippen LogP contribution in [-0.2, 0) is 11.3 Å². The highest BCUT2D eigenvalue weighted by Gasteiger charge is 2.29. The maximum absolute atomic E-state index is 12.1. The molecule has 0 saturated heterocycles. The van der Waals surface area contributed by atoms with Gasteiger partial charge in [0.25, 0.3) is 0 Å². The summed E-state index contributed by atoms with van der Waals surface area (Å²) >= 11 is 0. The molecule has 1 aromatic heterocycles. The number of aromatic nitrogens is 1. The highest BCUT2D eigenvalue weighted by Crippen LogP contribution is 2.13. The van der Waals surface area contributed by atoms with Gasteiger partial charge in [0, 0.05) is 26.0 Å². The molecule has 0 aromatic carbocycles. The van der Waals surface area contributed by atoms with E-state index in [1.165, 1.54) is 0 Å². The van der Waals surface area contributed by atoms with Crippen LogP contribution in [0.4, 0.5) is 0 Å². The van der Waals surface area contributed by atoms with Crippen molar-refractivity contribution in [1.82, 2.24) is 9.88 Å². The smallest absolute Gasteiger partial charge is 0.242 e. The van der Waals surface area contributed by atoms with Crippen LogP contribution in [-0.4, -0.2) is 28.4 Å². The Labute approximate surface area is 103 Å². The lowest BCUT2D eigenvalue weighted by atomic mass is 9.96. The van der Waals surface area contributed by atoms with Gasteiger partial charge in [0.15, 0.2) is 0 Å². The highest BCUT2D eigenvalue weighted by atomic mass is 16.2. The molecule has 1 unspecified atom stereocenters.